The minimum Gasteiger partial charge on any atom is -0.460 e. The summed E-state index contributed by atoms with van der Waals surface area (Å²) in [5.74, 6) is 1.24. The van der Waals surface area contributed by atoms with Crippen LogP contribution in [0.2, 0.25) is 0 Å². The second-order valence-electron chi connectivity index (χ2n) is 6.08. The summed E-state index contributed by atoms with van der Waals surface area (Å²) in [4.78, 5) is 24.3. The lowest BCUT2D eigenvalue weighted by atomic mass is 9.76. The highest BCUT2D eigenvalue weighted by molar-refractivity contribution is 9.10. The predicted molar refractivity (Wildman–Crippen MR) is 85.8 cm³/mol. The third-order valence-electron chi connectivity index (χ3n) is 3.01. The number of carbonyl (C=O) groups excluding carboxylic acids is 2. The van der Waals surface area contributed by atoms with Crippen LogP contribution in [-0.2, 0) is 19.7 Å². The third-order valence-corrected chi connectivity index (χ3v) is 3.51. The van der Waals surface area contributed by atoms with E-state index in [1.54, 1.807) is 45.9 Å². The minimum absolute atomic E-state index is 0.0935. The summed E-state index contributed by atoms with van der Waals surface area (Å²) in [6, 6.07) is 7.22. The van der Waals surface area contributed by atoms with Crippen LogP contribution < -0.4 is 0 Å². The zero-order chi connectivity index (χ0) is 16.3. The van der Waals surface area contributed by atoms with Crippen LogP contribution in [-0.4, -0.2) is 17.4 Å². The van der Waals surface area contributed by atoms with Crippen molar-refractivity contribution in [3.8, 4) is 12.3 Å². The molecule has 0 heterocycles. The van der Waals surface area contributed by atoms with Gasteiger partial charge in [-0.25, -0.2) is 0 Å². The molecular weight excluding hydrogens is 332 g/mol. The van der Waals surface area contributed by atoms with E-state index in [1.165, 1.54) is 0 Å². The molecule has 0 amide bonds. The third kappa shape index (κ3) is 4.71. The summed E-state index contributed by atoms with van der Waals surface area (Å²) < 4.78 is 6.13. The van der Waals surface area contributed by atoms with E-state index in [-0.39, 0.29) is 6.42 Å². The van der Waals surface area contributed by atoms with E-state index >= 15 is 0 Å². The van der Waals surface area contributed by atoms with Gasteiger partial charge in [-0.1, -0.05) is 28.1 Å². The number of rotatable bonds is 4. The number of ketones is 1. The maximum absolute atomic E-state index is 12.2. The molecule has 0 radical (unpaired) electrons. The zero-order valence-corrected chi connectivity index (χ0v) is 14.3. The molecule has 0 aromatic heterocycles. The normalized spacial score (nSPS) is 13.9. The number of hydrogen-bond donors (Lipinski definition) is 0. The molecule has 0 N–H and O–H groups in total. The topological polar surface area (TPSA) is 43.4 Å². The van der Waals surface area contributed by atoms with E-state index in [1.807, 2.05) is 6.07 Å². The number of Topliss-reactive ketones (excluding diaryl/α,β-unsaturated/α-hetero) is 1. The van der Waals surface area contributed by atoms with Gasteiger partial charge in [0, 0.05) is 4.47 Å². The van der Waals surface area contributed by atoms with Crippen LogP contribution in [0.5, 0.6) is 0 Å². The van der Waals surface area contributed by atoms with E-state index in [2.05, 4.69) is 21.9 Å². The Labute approximate surface area is 134 Å². The quantitative estimate of drug-likeness (QED) is 0.473. The molecule has 1 aromatic carbocycles. The van der Waals surface area contributed by atoms with Crippen LogP contribution in [0.4, 0.5) is 0 Å². The number of benzene rings is 1. The van der Waals surface area contributed by atoms with Gasteiger partial charge in [-0.2, -0.15) is 0 Å². The first-order valence-electron chi connectivity index (χ1n) is 6.57. The molecule has 1 atom stereocenters. The van der Waals surface area contributed by atoms with Gasteiger partial charge in [0.25, 0.3) is 0 Å². The number of carbonyl (C=O) groups is 2. The van der Waals surface area contributed by atoms with Gasteiger partial charge in [0.1, 0.15) is 5.60 Å². The van der Waals surface area contributed by atoms with Crippen molar-refractivity contribution < 1.29 is 14.3 Å². The Morgan fingerprint density at radius 3 is 2.38 bits per heavy atom. The number of halogens is 1. The Morgan fingerprint density at radius 1 is 1.29 bits per heavy atom. The van der Waals surface area contributed by atoms with Crippen LogP contribution in [0.1, 0.15) is 39.7 Å². The standard InChI is InChI=1S/C17H19BrO3/c1-6-14(19)17(5,11-15(20)21-16(2,3)4)12-8-7-9-13(18)10-12/h1,7-10H,11H2,2-5H3. The minimum atomic E-state index is -1.10. The van der Waals surface area contributed by atoms with Gasteiger partial charge in [0.2, 0.25) is 5.78 Å². The Kier molecular flexibility index (Phi) is 5.36. The average molecular weight is 351 g/mol. The lowest BCUT2D eigenvalue weighted by molar-refractivity contribution is -0.157. The summed E-state index contributed by atoms with van der Waals surface area (Å²) >= 11 is 3.36. The van der Waals surface area contributed by atoms with Gasteiger partial charge in [0.05, 0.1) is 11.8 Å². The summed E-state index contributed by atoms with van der Waals surface area (Å²) in [6.45, 7) is 7.01. The molecule has 0 saturated heterocycles. The van der Waals surface area contributed by atoms with Gasteiger partial charge in [-0.15, -0.1) is 6.42 Å². The average Bonchev–Trinajstić information content (AvgIpc) is 2.35. The van der Waals surface area contributed by atoms with Crippen LogP contribution in [0, 0.1) is 12.3 Å². The predicted octanol–water partition coefficient (Wildman–Crippen LogP) is 3.64. The fourth-order valence-corrected chi connectivity index (χ4v) is 2.37. The highest BCUT2D eigenvalue weighted by Crippen LogP contribution is 2.31. The molecular formula is C17H19BrO3. The first-order chi connectivity index (χ1) is 9.58. The Balaban J connectivity index is 3.15. The molecule has 1 rings (SSSR count). The van der Waals surface area contributed by atoms with Crippen LogP contribution in [0.15, 0.2) is 28.7 Å². The van der Waals surface area contributed by atoms with Gasteiger partial charge in [-0.3, -0.25) is 9.59 Å². The Bertz CT molecular complexity index is 593. The van der Waals surface area contributed by atoms with Gasteiger partial charge in [-0.05, 0) is 51.3 Å². The molecule has 3 nitrogen and oxygen atoms in total. The second kappa shape index (κ2) is 6.44. The Hall–Kier alpha value is -1.60. The maximum Gasteiger partial charge on any atom is 0.307 e. The van der Waals surface area contributed by atoms with Crippen LogP contribution in [0.25, 0.3) is 0 Å². The summed E-state index contributed by atoms with van der Waals surface area (Å²) in [5.41, 5.74) is -1.01. The molecule has 1 aromatic rings. The highest BCUT2D eigenvalue weighted by Gasteiger charge is 2.38. The van der Waals surface area contributed by atoms with Crippen molar-refractivity contribution in [2.75, 3.05) is 0 Å². The first kappa shape index (κ1) is 17.5. The van der Waals surface area contributed by atoms with Gasteiger partial charge >= 0.3 is 5.97 Å². The Morgan fingerprint density at radius 2 is 1.90 bits per heavy atom. The van der Waals surface area contributed by atoms with E-state index < -0.39 is 22.8 Å². The van der Waals surface area contributed by atoms with Crippen molar-refractivity contribution in [1.82, 2.24) is 0 Å². The number of terminal acetylenes is 1. The molecule has 0 bridgehead atoms. The SMILES string of the molecule is C#CC(=O)C(C)(CC(=O)OC(C)(C)C)c1cccc(Br)c1. The molecule has 0 spiro atoms. The fourth-order valence-electron chi connectivity index (χ4n) is 1.97. The summed E-state index contributed by atoms with van der Waals surface area (Å²) in [6.07, 6.45) is 5.18. The molecule has 0 aliphatic heterocycles. The second-order valence-corrected chi connectivity index (χ2v) is 6.99. The number of esters is 1. The molecule has 0 aliphatic carbocycles. The monoisotopic (exact) mass is 350 g/mol. The summed E-state index contributed by atoms with van der Waals surface area (Å²) in [5, 5.41) is 0. The maximum atomic E-state index is 12.2. The van der Waals surface area contributed by atoms with Crippen molar-refractivity contribution in [3.05, 3.63) is 34.3 Å². The molecule has 0 fully saturated rings. The van der Waals surface area contributed by atoms with Gasteiger partial charge < -0.3 is 4.74 Å². The van der Waals surface area contributed by atoms with E-state index in [0.29, 0.717) is 5.56 Å². The molecule has 0 saturated carbocycles. The van der Waals surface area contributed by atoms with Crippen LogP contribution in [0.3, 0.4) is 0 Å². The molecule has 4 heteroatoms. The summed E-state index contributed by atoms with van der Waals surface area (Å²) in [7, 11) is 0. The van der Waals surface area contributed by atoms with Crippen molar-refractivity contribution in [2.45, 2.75) is 45.1 Å². The lowest BCUT2D eigenvalue weighted by Gasteiger charge is -2.28. The van der Waals surface area contributed by atoms with Crippen LogP contribution >= 0.6 is 15.9 Å². The molecule has 21 heavy (non-hydrogen) atoms. The van der Waals surface area contributed by atoms with E-state index in [9.17, 15) is 9.59 Å². The van der Waals surface area contributed by atoms with Crippen molar-refractivity contribution in [2.24, 2.45) is 0 Å². The highest BCUT2D eigenvalue weighted by atomic mass is 79.9. The molecule has 0 aliphatic rings. The lowest BCUT2D eigenvalue weighted by Crippen LogP contribution is -2.37. The molecule has 112 valence electrons. The number of ether oxygens (including phenoxy) is 1. The van der Waals surface area contributed by atoms with Crippen molar-refractivity contribution in [1.29, 1.82) is 0 Å². The van der Waals surface area contributed by atoms with Crippen molar-refractivity contribution >= 4 is 27.7 Å². The van der Waals surface area contributed by atoms with E-state index in [0.717, 1.165) is 4.47 Å². The molecule has 1 unspecified atom stereocenters. The fraction of sp³-hybridized carbons (Fsp3) is 0.412. The smallest absolute Gasteiger partial charge is 0.307 e. The largest absolute Gasteiger partial charge is 0.460 e. The number of hydrogen-bond acceptors (Lipinski definition) is 3. The van der Waals surface area contributed by atoms with Gasteiger partial charge in [0.15, 0.2) is 0 Å². The van der Waals surface area contributed by atoms with Crippen molar-refractivity contribution in [3.63, 3.8) is 0 Å². The van der Waals surface area contributed by atoms with E-state index in [4.69, 9.17) is 11.2 Å². The zero-order valence-electron chi connectivity index (χ0n) is 12.7. The first-order valence-corrected chi connectivity index (χ1v) is 7.37.